The summed E-state index contributed by atoms with van der Waals surface area (Å²) in [5.41, 5.74) is 0.337. The van der Waals surface area contributed by atoms with Crippen LogP contribution in [0, 0.1) is 0 Å². The molecule has 17 heavy (non-hydrogen) atoms. The van der Waals surface area contributed by atoms with Crippen molar-refractivity contribution in [2.75, 3.05) is 6.61 Å². The summed E-state index contributed by atoms with van der Waals surface area (Å²) in [4.78, 5) is 10.7. The number of para-hydroxylation sites is 1. The molecule has 1 aliphatic rings. The predicted molar refractivity (Wildman–Crippen MR) is 66.7 cm³/mol. The molecule has 3 rings (SSSR count). The maximum atomic E-state index is 10.7. The Labute approximate surface area is 98.6 Å². The van der Waals surface area contributed by atoms with Gasteiger partial charge in [0.1, 0.15) is 12.2 Å². The molecule has 0 atom stereocenters. The first-order chi connectivity index (χ1) is 8.36. The van der Waals surface area contributed by atoms with Gasteiger partial charge in [-0.2, -0.15) is 0 Å². The molecule has 3 nitrogen and oxygen atoms in total. The van der Waals surface area contributed by atoms with E-state index in [9.17, 15) is 4.79 Å². The maximum Gasteiger partial charge on any atom is 0.336 e. The average molecular weight is 228 g/mol. The van der Waals surface area contributed by atoms with Crippen molar-refractivity contribution in [3.63, 3.8) is 0 Å². The zero-order valence-corrected chi connectivity index (χ0v) is 9.21. The second kappa shape index (κ2) is 5.70. The molecular weight excluding hydrogens is 216 g/mol. The van der Waals surface area contributed by atoms with Gasteiger partial charge >= 0.3 is 5.63 Å². The van der Waals surface area contributed by atoms with E-state index in [1.807, 2.05) is 36.4 Å². The van der Waals surface area contributed by atoms with Crippen molar-refractivity contribution >= 4 is 11.0 Å². The molecule has 0 amide bonds. The third-order valence-corrected chi connectivity index (χ3v) is 2.14. The molecule has 0 aliphatic carbocycles. The van der Waals surface area contributed by atoms with Crippen LogP contribution in [0.1, 0.15) is 0 Å². The van der Waals surface area contributed by atoms with Gasteiger partial charge in [0, 0.05) is 11.5 Å². The highest BCUT2D eigenvalue weighted by atomic mass is 16.5. The van der Waals surface area contributed by atoms with Crippen molar-refractivity contribution in [2.45, 2.75) is 0 Å². The minimum absolute atomic E-state index is 0.302. The fraction of sp³-hybridized carbons (Fsp3) is 0.0714. The van der Waals surface area contributed by atoms with Crippen LogP contribution in [-0.4, -0.2) is 6.61 Å². The fourth-order valence-electron chi connectivity index (χ4n) is 1.36. The van der Waals surface area contributed by atoms with Crippen LogP contribution in [0.15, 0.2) is 70.1 Å². The summed E-state index contributed by atoms with van der Waals surface area (Å²) >= 11 is 0. The Kier molecular flexibility index (Phi) is 3.76. The summed E-state index contributed by atoms with van der Waals surface area (Å²) in [7, 11) is 0. The first-order valence-corrected chi connectivity index (χ1v) is 5.28. The third-order valence-electron chi connectivity index (χ3n) is 2.14. The fourth-order valence-corrected chi connectivity index (χ4v) is 1.36. The molecule has 3 heteroatoms. The average Bonchev–Trinajstić information content (AvgIpc) is 2.41. The maximum absolute atomic E-state index is 10.7. The Morgan fingerprint density at radius 3 is 2.53 bits per heavy atom. The first-order valence-electron chi connectivity index (χ1n) is 5.28. The van der Waals surface area contributed by atoms with Crippen molar-refractivity contribution in [1.82, 2.24) is 0 Å². The van der Waals surface area contributed by atoms with Gasteiger partial charge in [0.15, 0.2) is 0 Å². The van der Waals surface area contributed by atoms with Gasteiger partial charge in [-0.25, -0.2) is 4.79 Å². The lowest BCUT2D eigenvalue weighted by atomic mass is 10.2. The molecule has 86 valence electrons. The molecule has 0 saturated carbocycles. The number of hydrogen-bond acceptors (Lipinski definition) is 3. The highest BCUT2D eigenvalue weighted by Crippen LogP contribution is 2.08. The smallest absolute Gasteiger partial charge is 0.336 e. The van der Waals surface area contributed by atoms with E-state index in [2.05, 4.69) is 0 Å². The van der Waals surface area contributed by atoms with Crippen LogP contribution in [-0.2, 0) is 4.74 Å². The summed E-state index contributed by atoms with van der Waals surface area (Å²) in [6.45, 7) is 0.733. The standard InChI is InChI=1S/C9H6O2.C5H6O/c10-9-6-5-7-3-1-2-4-8(7)11-9;1-2-4-6-5-3-1/h1-6H;1-4H,5H2. The Hall–Kier alpha value is -2.29. The topological polar surface area (TPSA) is 39.4 Å². The van der Waals surface area contributed by atoms with E-state index in [1.54, 1.807) is 18.4 Å². The number of allylic oxidation sites excluding steroid dienone is 2. The number of fused-ring (bicyclic) bond motifs is 1. The summed E-state index contributed by atoms with van der Waals surface area (Å²) in [6, 6.07) is 10.6. The molecular formula is C14H12O3. The van der Waals surface area contributed by atoms with E-state index >= 15 is 0 Å². The minimum Gasteiger partial charge on any atom is -0.497 e. The molecule has 0 saturated heterocycles. The van der Waals surface area contributed by atoms with Gasteiger partial charge < -0.3 is 9.15 Å². The summed E-state index contributed by atoms with van der Waals surface area (Å²) in [5.74, 6) is 0. The molecule has 0 N–H and O–H groups in total. The van der Waals surface area contributed by atoms with Gasteiger partial charge in [0.25, 0.3) is 0 Å². The van der Waals surface area contributed by atoms with E-state index in [0.717, 1.165) is 12.0 Å². The van der Waals surface area contributed by atoms with Gasteiger partial charge in [-0.3, -0.25) is 0 Å². The molecule has 0 bridgehead atoms. The van der Waals surface area contributed by atoms with E-state index in [-0.39, 0.29) is 5.63 Å². The van der Waals surface area contributed by atoms with Crippen molar-refractivity contribution in [2.24, 2.45) is 0 Å². The van der Waals surface area contributed by atoms with Crippen molar-refractivity contribution in [3.8, 4) is 0 Å². The third kappa shape index (κ3) is 3.34. The van der Waals surface area contributed by atoms with E-state index in [1.165, 1.54) is 6.07 Å². The molecule has 2 heterocycles. The Morgan fingerprint density at radius 2 is 1.88 bits per heavy atom. The quantitative estimate of drug-likeness (QED) is 0.651. The summed E-state index contributed by atoms with van der Waals surface area (Å²) < 4.78 is 9.71. The monoisotopic (exact) mass is 228 g/mol. The molecule has 0 unspecified atom stereocenters. The molecule has 2 aromatic rings. The highest BCUT2D eigenvalue weighted by Gasteiger charge is 1.92. The van der Waals surface area contributed by atoms with E-state index in [4.69, 9.17) is 9.15 Å². The van der Waals surface area contributed by atoms with Crippen molar-refractivity contribution < 1.29 is 9.15 Å². The van der Waals surface area contributed by atoms with E-state index < -0.39 is 0 Å². The Balaban J connectivity index is 0.000000153. The van der Waals surface area contributed by atoms with Gasteiger partial charge in [0.2, 0.25) is 0 Å². The predicted octanol–water partition coefficient (Wildman–Crippen LogP) is 2.88. The lowest BCUT2D eigenvalue weighted by Gasteiger charge is -1.94. The molecule has 1 aromatic heterocycles. The molecule has 0 radical (unpaired) electrons. The van der Waals surface area contributed by atoms with Crippen LogP contribution < -0.4 is 5.63 Å². The lowest BCUT2D eigenvalue weighted by Crippen LogP contribution is -1.93. The largest absolute Gasteiger partial charge is 0.497 e. The molecule has 0 spiro atoms. The van der Waals surface area contributed by atoms with Crippen LogP contribution in [0.2, 0.25) is 0 Å². The Morgan fingerprint density at radius 1 is 1.00 bits per heavy atom. The lowest BCUT2D eigenvalue weighted by molar-refractivity contribution is 0.286. The number of hydrogen-bond donors (Lipinski definition) is 0. The first kappa shape index (κ1) is 11.2. The summed E-state index contributed by atoms with van der Waals surface area (Å²) in [6.07, 6.45) is 7.47. The van der Waals surface area contributed by atoms with Crippen LogP contribution in [0.4, 0.5) is 0 Å². The highest BCUT2D eigenvalue weighted by molar-refractivity contribution is 5.75. The van der Waals surface area contributed by atoms with Crippen LogP contribution in [0.3, 0.4) is 0 Å². The molecule has 0 fully saturated rings. The van der Waals surface area contributed by atoms with Crippen LogP contribution in [0.25, 0.3) is 11.0 Å². The zero-order chi connectivity index (χ0) is 11.9. The normalized spacial score (nSPS) is 12.7. The zero-order valence-electron chi connectivity index (χ0n) is 9.21. The second-order valence-corrected chi connectivity index (χ2v) is 3.38. The number of benzene rings is 1. The number of rotatable bonds is 0. The van der Waals surface area contributed by atoms with Crippen molar-refractivity contribution in [3.05, 3.63) is 71.3 Å². The Bertz CT molecular complexity index is 581. The minimum atomic E-state index is -0.302. The van der Waals surface area contributed by atoms with E-state index in [0.29, 0.717) is 5.58 Å². The number of ether oxygens (including phenoxy) is 1. The molecule has 1 aliphatic heterocycles. The van der Waals surface area contributed by atoms with Gasteiger partial charge in [-0.05, 0) is 24.3 Å². The second-order valence-electron chi connectivity index (χ2n) is 3.38. The van der Waals surface area contributed by atoms with Crippen molar-refractivity contribution in [1.29, 1.82) is 0 Å². The van der Waals surface area contributed by atoms with Gasteiger partial charge in [-0.15, -0.1) is 0 Å². The summed E-state index contributed by atoms with van der Waals surface area (Å²) in [5, 5.41) is 0.951. The molecule has 1 aromatic carbocycles. The SMILES string of the molecule is C1=CCOC=C1.O=c1ccc2ccccc2o1. The van der Waals surface area contributed by atoms with Gasteiger partial charge in [-0.1, -0.05) is 24.3 Å². The van der Waals surface area contributed by atoms with Crippen LogP contribution >= 0.6 is 0 Å². The van der Waals surface area contributed by atoms with Crippen LogP contribution in [0.5, 0.6) is 0 Å². The van der Waals surface area contributed by atoms with Gasteiger partial charge in [0.05, 0.1) is 6.26 Å².